The molecule has 3 N–H and O–H groups in total. The Kier molecular flexibility index (Phi) is 5.55. The number of thiophene rings is 1. The van der Waals surface area contributed by atoms with Crippen molar-refractivity contribution in [2.24, 2.45) is 18.7 Å². The van der Waals surface area contributed by atoms with Crippen LogP contribution in [0, 0.1) is 5.92 Å². The zero-order chi connectivity index (χ0) is 17.8. The number of nitrogens with one attached hydrogen (secondary N) is 1. The van der Waals surface area contributed by atoms with Crippen molar-refractivity contribution in [2.75, 3.05) is 19.6 Å². The number of piperidine rings is 1. The Hall–Kier alpha value is -2.12. The van der Waals surface area contributed by atoms with Crippen LogP contribution in [0.25, 0.3) is 0 Å². The van der Waals surface area contributed by atoms with Crippen molar-refractivity contribution in [1.82, 2.24) is 14.8 Å². The van der Waals surface area contributed by atoms with Crippen LogP contribution < -0.4 is 11.1 Å². The van der Waals surface area contributed by atoms with Gasteiger partial charge in [0.25, 0.3) is 5.91 Å². The normalized spacial score (nSPS) is 16.0. The Labute approximate surface area is 151 Å². The number of primary amides is 1. The Morgan fingerprint density at radius 2 is 2.12 bits per heavy atom. The Bertz CT molecular complexity index is 730. The van der Waals surface area contributed by atoms with Crippen LogP contribution in [0.4, 0.5) is 0 Å². The summed E-state index contributed by atoms with van der Waals surface area (Å²) < 4.78 is 1.64. The summed E-state index contributed by atoms with van der Waals surface area (Å²) in [6.07, 6.45) is 3.76. The minimum Gasteiger partial charge on any atom is -0.366 e. The first-order valence-corrected chi connectivity index (χ1v) is 9.40. The molecule has 1 aliphatic heterocycles. The van der Waals surface area contributed by atoms with Crippen LogP contribution in [-0.4, -0.2) is 40.9 Å². The number of carbonyl (C=O) groups is 2. The summed E-state index contributed by atoms with van der Waals surface area (Å²) in [4.78, 5) is 27.4. The molecule has 7 heteroatoms. The van der Waals surface area contributed by atoms with Crippen molar-refractivity contribution < 1.29 is 9.59 Å². The van der Waals surface area contributed by atoms with Crippen LogP contribution in [0.3, 0.4) is 0 Å². The third-order valence-electron chi connectivity index (χ3n) is 4.74. The number of carbonyl (C=O) groups excluding carboxylic acids is 2. The van der Waals surface area contributed by atoms with Gasteiger partial charge in [0.1, 0.15) is 5.69 Å². The minimum absolute atomic E-state index is 0.156. The lowest BCUT2D eigenvalue weighted by Crippen LogP contribution is -2.38. The maximum atomic E-state index is 12.3. The molecule has 0 aromatic carbocycles. The molecular weight excluding hydrogens is 336 g/mol. The number of hydrogen-bond acceptors (Lipinski definition) is 4. The summed E-state index contributed by atoms with van der Waals surface area (Å²) >= 11 is 1.80. The summed E-state index contributed by atoms with van der Waals surface area (Å²) in [5, 5.41) is 5.11. The molecule has 1 aliphatic rings. The van der Waals surface area contributed by atoms with Gasteiger partial charge in [0, 0.05) is 31.2 Å². The SMILES string of the molecule is Cn1cc(C(N)=O)cc1C(=O)NCC1CCN(Cc2cccs2)CC1. The highest BCUT2D eigenvalue weighted by atomic mass is 32.1. The van der Waals surface area contributed by atoms with Crippen LogP contribution in [0.15, 0.2) is 29.8 Å². The number of nitrogens with zero attached hydrogens (tertiary/aromatic N) is 2. The van der Waals surface area contributed by atoms with Gasteiger partial charge in [-0.1, -0.05) is 6.07 Å². The molecule has 3 rings (SSSR count). The fourth-order valence-electron chi connectivity index (χ4n) is 3.22. The van der Waals surface area contributed by atoms with E-state index in [1.807, 2.05) is 0 Å². The molecule has 2 aromatic rings. The van der Waals surface area contributed by atoms with Crippen LogP contribution in [-0.2, 0) is 13.6 Å². The van der Waals surface area contributed by atoms with Crippen molar-refractivity contribution in [3.8, 4) is 0 Å². The van der Waals surface area contributed by atoms with Gasteiger partial charge in [0.2, 0.25) is 5.91 Å². The van der Waals surface area contributed by atoms with Gasteiger partial charge in [0.15, 0.2) is 0 Å². The van der Waals surface area contributed by atoms with Gasteiger partial charge in [-0.3, -0.25) is 14.5 Å². The summed E-state index contributed by atoms with van der Waals surface area (Å²) in [5.41, 5.74) is 6.08. The van der Waals surface area contributed by atoms with E-state index >= 15 is 0 Å². The molecule has 0 bridgehead atoms. The Morgan fingerprint density at radius 1 is 1.36 bits per heavy atom. The molecule has 3 heterocycles. The Morgan fingerprint density at radius 3 is 2.72 bits per heavy atom. The quantitative estimate of drug-likeness (QED) is 0.825. The van der Waals surface area contributed by atoms with Crippen molar-refractivity contribution >= 4 is 23.2 Å². The highest BCUT2D eigenvalue weighted by Crippen LogP contribution is 2.20. The molecule has 2 amide bonds. The molecular formula is C18H24N4O2S. The van der Waals surface area contributed by atoms with Crippen molar-refractivity contribution in [2.45, 2.75) is 19.4 Å². The van der Waals surface area contributed by atoms with Gasteiger partial charge >= 0.3 is 0 Å². The van der Waals surface area contributed by atoms with E-state index in [9.17, 15) is 9.59 Å². The van der Waals surface area contributed by atoms with Crippen LogP contribution in [0.2, 0.25) is 0 Å². The van der Waals surface area contributed by atoms with E-state index < -0.39 is 5.91 Å². The average Bonchev–Trinajstić information content (AvgIpc) is 3.23. The van der Waals surface area contributed by atoms with Crippen molar-refractivity contribution in [3.05, 3.63) is 45.9 Å². The van der Waals surface area contributed by atoms with Gasteiger partial charge < -0.3 is 15.6 Å². The third kappa shape index (κ3) is 4.49. The molecule has 0 aliphatic carbocycles. The van der Waals surface area contributed by atoms with Crippen LogP contribution in [0.5, 0.6) is 0 Å². The number of nitrogens with two attached hydrogens (primary N) is 1. The second-order valence-electron chi connectivity index (χ2n) is 6.60. The second-order valence-corrected chi connectivity index (χ2v) is 7.63. The topological polar surface area (TPSA) is 80.4 Å². The second kappa shape index (κ2) is 7.84. The third-order valence-corrected chi connectivity index (χ3v) is 5.60. The predicted octanol–water partition coefficient (Wildman–Crippen LogP) is 1.83. The fourth-order valence-corrected chi connectivity index (χ4v) is 3.97. The number of aromatic nitrogens is 1. The summed E-state index contributed by atoms with van der Waals surface area (Å²) in [6.45, 7) is 3.82. The Balaban J connectivity index is 1.45. The number of hydrogen-bond donors (Lipinski definition) is 2. The molecule has 0 radical (unpaired) electrons. The molecule has 1 fully saturated rings. The zero-order valence-electron chi connectivity index (χ0n) is 14.4. The molecule has 25 heavy (non-hydrogen) atoms. The average molecular weight is 360 g/mol. The van der Waals surface area contributed by atoms with Gasteiger partial charge in [-0.15, -0.1) is 11.3 Å². The lowest BCUT2D eigenvalue weighted by molar-refractivity contribution is 0.0927. The number of rotatable bonds is 6. The zero-order valence-corrected chi connectivity index (χ0v) is 15.2. The summed E-state index contributed by atoms with van der Waals surface area (Å²) in [7, 11) is 1.74. The lowest BCUT2D eigenvalue weighted by Gasteiger charge is -2.31. The number of aryl methyl sites for hydroxylation is 1. The van der Waals surface area contributed by atoms with Gasteiger partial charge in [0.05, 0.1) is 5.56 Å². The fraction of sp³-hybridized carbons (Fsp3) is 0.444. The van der Waals surface area contributed by atoms with E-state index in [-0.39, 0.29) is 5.91 Å². The summed E-state index contributed by atoms with van der Waals surface area (Å²) in [5.74, 6) is -0.178. The van der Waals surface area contributed by atoms with Crippen molar-refractivity contribution in [1.29, 1.82) is 0 Å². The van der Waals surface area contributed by atoms with E-state index in [4.69, 9.17) is 5.73 Å². The molecule has 2 aromatic heterocycles. The smallest absolute Gasteiger partial charge is 0.267 e. The largest absolute Gasteiger partial charge is 0.366 e. The molecule has 0 saturated carbocycles. The van der Waals surface area contributed by atoms with E-state index in [1.54, 1.807) is 35.2 Å². The van der Waals surface area contributed by atoms with Crippen LogP contribution >= 0.6 is 11.3 Å². The molecule has 0 unspecified atom stereocenters. The summed E-state index contributed by atoms with van der Waals surface area (Å²) in [6, 6.07) is 5.81. The first-order chi connectivity index (χ1) is 12.0. The first kappa shape index (κ1) is 17.7. The van der Waals surface area contributed by atoms with E-state index in [1.165, 1.54) is 4.88 Å². The number of likely N-dealkylation sites (tertiary alicyclic amines) is 1. The maximum Gasteiger partial charge on any atom is 0.267 e. The van der Waals surface area contributed by atoms with Gasteiger partial charge in [-0.25, -0.2) is 0 Å². The monoisotopic (exact) mass is 360 g/mol. The molecule has 6 nitrogen and oxygen atoms in total. The standard InChI is InChI=1S/C18H24N4O2S/c1-21-11-14(17(19)23)9-16(21)18(24)20-10-13-4-6-22(7-5-13)12-15-3-2-8-25-15/h2-3,8-9,11,13H,4-7,10,12H2,1H3,(H2,19,23)(H,20,24). The predicted molar refractivity (Wildman–Crippen MR) is 98.6 cm³/mol. The van der Waals surface area contributed by atoms with E-state index in [2.05, 4.69) is 27.7 Å². The van der Waals surface area contributed by atoms with Gasteiger partial charge in [-0.05, 0) is 49.4 Å². The van der Waals surface area contributed by atoms with E-state index in [0.29, 0.717) is 23.7 Å². The molecule has 0 spiro atoms. The minimum atomic E-state index is -0.521. The molecule has 1 saturated heterocycles. The van der Waals surface area contributed by atoms with Crippen molar-refractivity contribution in [3.63, 3.8) is 0 Å². The van der Waals surface area contributed by atoms with Gasteiger partial charge in [-0.2, -0.15) is 0 Å². The van der Waals surface area contributed by atoms with E-state index in [0.717, 1.165) is 32.5 Å². The molecule has 0 atom stereocenters. The lowest BCUT2D eigenvalue weighted by atomic mass is 9.96. The van der Waals surface area contributed by atoms with Crippen LogP contribution in [0.1, 0.15) is 38.6 Å². The molecule has 134 valence electrons. The maximum absolute atomic E-state index is 12.3. The number of amides is 2. The highest BCUT2D eigenvalue weighted by molar-refractivity contribution is 7.09. The highest BCUT2D eigenvalue weighted by Gasteiger charge is 2.21. The first-order valence-electron chi connectivity index (χ1n) is 8.52.